The minimum Gasteiger partial charge on any atom is -0.391 e. The van der Waals surface area contributed by atoms with Crippen LogP contribution in [0.25, 0.3) is 0 Å². The summed E-state index contributed by atoms with van der Waals surface area (Å²) in [6.07, 6.45) is -0.396. The zero-order valence-corrected chi connectivity index (χ0v) is 6.83. The molecule has 0 aromatic rings. The van der Waals surface area contributed by atoms with Gasteiger partial charge in [0.15, 0.2) is 0 Å². The average Bonchev–Trinajstić information content (AvgIpc) is 1.64. The van der Waals surface area contributed by atoms with E-state index in [0.29, 0.717) is 0 Å². The molecule has 2 unspecified atom stereocenters. The van der Waals surface area contributed by atoms with Crippen molar-refractivity contribution in [2.24, 2.45) is 0 Å². The van der Waals surface area contributed by atoms with Crippen molar-refractivity contribution in [1.82, 2.24) is 5.32 Å². The molecular formula is C6H13NOS. The lowest BCUT2D eigenvalue weighted by Crippen LogP contribution is -2.40. The number of aliphatic hydroxyl groups excluding tert-OH is 1. The molecule has 3 heteroatoms. The molecule has 0 radical (unpaired) electrons. The van der Waals surface area contributed by atoms with E-state index in [0.717, 1.165) is 4.86 Å². The first-order valence-corrected chi connectivity index (χ1v) is 3.36. The standard InChI is InChI=1S/C6H13NOS/c1-4(8)6(7-3)5(2)9/h4,6-8H,1-3H3. The fourth-order valence-corrected chi connectivity index (χ4v) is 1.10. The summed E-state index contributed by atoms with van der Waals surface area (Å²) in [5.74, 6) is 0. The van der Waals surface area contributed by atoms with E-state index in [1.807, 2.05) is 6.92 Å². The van der Waals surface area contributed by atoms with Gasteiger partial charge >= 0.3 is 0 Å². The van der Waals surface area contributed by atoms with E-state index in [1.165, 1.54) is 0 Å². The lowest BCUT2D eigenvalue weighted by atomic mass is 10.1. The Morgan fingerprint density at radius 2 is 2.11 bits per heavy atom. The van der Waals surface area contributed by atoms with Crippen LogP contribution in [0.2, 0.25) is 0 Å². The van der Waals surface area contributed by atoms with E-state index in [-0.39, 0.29) is 6.04 Å². The van der Waals surface area contributed by atoms with Gasteiger partial charge in [0.2, 0.25) is 0 Å². The Kier molecular flexibility index (Phi) is 3.93. The molecule has 0 heterocycles. The van der Waals surface area contributed by atoms with Crippen LogP contribution in [-0.4, -0.2) is 29.2 Å². The Bertz CT molecular complexity index is 103. The summed E-state index contributed by atoms with van der Waals surface area (Å²) in [5, 5.41) is 11.9. The van der Waals surface area contributed by atoms with E-state index in [4.69, 9.17) is 17.3 Å². The number of hydrogen-bond donors (Lipinski definition) is 2. The summed E-state index contributed by atoms with van der Waals surface area (Å²) in [5.41, 5.74) is 0. The summed E-state index contributed by atoms with van der Waals surface area (Å²) < 4.78 is 0. The van der Waals surface area contributed by atoms with Gasteiger partial charge in [0.05, 0.1) is 12.1 Å². The highest BCUT2D eigenvalue weighted by Gasteiger charge is 2.12. The van der Waals surface area contributed by atoms with E-state index >= 15 is 0 Å². The first-order valence-electron chi connectivity index (χ1n) is 2.95. The molecule has 0 spiro atoms. The molecule has 0 aliphatic heterocycles. The SMILES string of the molecule is CNC(C(C)=S)C(C)O. The summed E-state index contributed by atoms with van der Waals surface area (Å²) >= 11 is 4.87. The highest BCUT2D eigenvalue weighted by molar-refractivity contribution is 7.80. The number of thiocarbonyl (C=S) groups is 1. The number of rotatable bonds is 3. The van der Waals surface area contributed by atoms with Gasteiger partial charge in [0.25, 0.3) is 0 Å². The quantitative estimate of drug-likeness (QED) is 0.565. The zero-order valence-electron chi connectivity index (χ0n) is 6.01. The van der Waals surface area contributed by atoms with Gasteiger partial charge in [-0.1, -0.05) is 12.2 Å². The van der Waals surface area contributed by atoms with Crippen molar-refractivity contribution in [3.63, 3.8) is 0 Å². The van der Waals surface area contributed by atoms with Crippen molar-refractivity contribution in [1.29, 1.82) is 0 Å². The molecule has 0 aromatic carbocycles. The highest BCUT2D eigenvalue weighted by atomic mass is 32.1. The zero-order chi connectivity index (χ0) is 7.44. The van der Waals surface area contributed by atoms with Gasteiger partial charge in [0.1, 0.15) is 0 Å². The molecule has 54 valence electrons. The van der Waals surface area contributed by atoms with Crippen LogP contribution in [0, 0.1) is 0 Å². The third-order valence-electron chi connectivity index (χ3n) is 1.23. The van der Waals surface area contributed by atoms with Gasteiger partial charge in [-0.2, -0.15) is 0 Å². The van der Waals surface area contributed by atoms with Crippen LogP contribution >= 0.6 is 12.2 Å². The number of aliphatic hydroxyl groups is 1. The lowest BCUT2D eigenvalue weighted by Gasteiger charge is -2.17. The van der Waals surface area contributed by atoms with Crippen LogP contribution in [0.15, 0.2) is 0 Å². The molecule has 0 saturated carbocycles. The fraction of sp³-hybridized carbons (Fsp3) is 0.833. The summed E-state index contributed by atoms with van der Waals surface area (Å²) in [6.45, 7) is 3.54. The first kappa shape index (κ1) is 9.01. The maximum absolute atomic E-state index is 9.03. The molecule has 2 N–H and O–H groups in total. The van der Waals surface area contributed by atoms with Gasteiger partial charge in [0, 0.05) is 4.86 Å². The molecular weight excluding hydrogens is 134 g/mol. The van der Waals surface area contributed by atoms with Crippen LogP contribution < -0.4 is 5.32 Å². The lowest BCUT2D eigenvalue weighted by molar-refractivity contribution is 0.175. The largest absolute Gasteiger partial charge is 0.391 e. The Hall–Kier alpha value is 0.01000. The molecule has 2 atom stereocenters. The molecule has 9 heavy (non-hydrogen) atoms. The summed E-state index contributed by atoms with van der Waals surface area (Å²) in [6, 6.07) is -0.0417. The van der Waals surface area contributed by atoms with Crippen LogP contribution in [0.1, 0.15) is 13.8 Å². The molecule has 0 saturated heterocycles. The minimum atomic E-state index is -0.396. The molecule has 0 rings (SSSR count). The predicted molar refractivity (Wildman–Crippen MR) is 42.8 cm³/mol. The van der Waals surface area contributed by atoms with Crippen molar-refractivity contribution >= 4 is 17.1 Å². The Morgan fingerprint density at radius 1 is 1.67 bits per heavy atom. The molecule has 0 aromatic heterocycles. The Morgan fingerprint density at radius 3 is 2.11 bits per heavy atom. The average molecular weight is 147 g/mol. The monoisotopic (exact) mass is 147 g/mol. The number of nitrogens with one attached hydrogen (secondary N) is 1. The highest BCUT2D eigenvalue weighted by Crippen LogP contribution is 1.94. The molecule has 0 bridgehead atoms. The molecule has 2 nitrogen and oxygen atoms in total. The van der Waals surface area contributed by atoms with Gasteiger partial charge in [-0.15, -0.1) is 0 Å². The molecule has 0 fully saturated rings. The Balaban J connectivity index is 3.83. The smallest absolute Gasteiger partial charge is 0.0711 e. The molecule has 0 aliphatic rings. The molecule has 0 amide bonds. The van der Waals surface area contributed by atoms with Gasteiger partial charge in [-0.25, -0.2) is 0 Å². The third-order valence-corrected chi connectivity index (χ3v) is 1.49. The van der Waals surface area contributed by atoms with Crippen molar-refractivity contribution in [3.05, 3.63) is 0 Å². The third kappa shape index (κ3) is 2.89. The van der Waals surface area contributed by atoms with E-state index in [9.17, 15) is 0 Å². The second kappa shape index (κ2) is 3.93. The minimum absolute atomic E-state index is 0.0417. The Labute approximate surface area is 61.3 Å². The van der Waals surface area contributed by atoms with Crippen LogP contribution in [0.3, 0.4) is 0 Å². The summed E-state index contributed by atoms with van der Waals surface area (Å²) in [4.78, 5) is 0.799. The normalized spacial score (nSPS) is 16.9. The number of likely N-dealkylation sites (N-methyl/N-ethyl adjacent to an activating group) is 1. The van der Waals surface area contributed by atoms with Crippen LogP contribution in [0.4, 0.5) is 0 Å². The second-order valence-corrected chi connectivity index (χ2v) is 2.76. The first-order chi connectivity index (χ1) is 4.09. The van der Waals surface area contributed by atoms with Crippen LogP contribution in [-0.2, 0) is 0 Å². The predicted octanol–water partition coefficient (Wildman–Crippen LogP) is 0.345. The maximum Gasteiger partial charge on any atom is 0.0711 e. The number of hydrogen-bond acceptors (Lipinski definition) is 3. The fourth-order valence-electron chi connectivity index (χ4n) is 0.784. The van der Waals surface area contributed by atoms with E-state index < -0.39 is 6.10 Å². The van der Waals surface area contributed by atoms with Gasteiger partial charge < -0.3 is 10.4 Å². The van der Waals surface area contributed by atoms with Crippen molar-refractivity contribution in [2.45, 2.75) is 26.0 Å². The topological polar surface area (TPSA) is 32.3 Å². The maximum atomic E-state index is 9.03. The van der Waals surface area contributed by atoms with Gasteiger partial charge in [-0.3, -0.25) is 0 Å². The summed E-state index contributed by atoms with van der Waals surface area (Å²) in [7, 11) is 1.78. The molecule has 0 aliphatic carbocycles. The van der Waals surface area contributed by atoms with E-state index in [1.54, 1.807) is 14.0 Å². The van der Waals surface area contributed by atoms with E-state index in [2.05, 4.69) is 5.32 Å². The van der Waals surface area contributed by atoms with Crippen molar-refractivity contribution in [3.8, 4) is 0 Å². The van der Waals surface area contributed by atoms with Crippen molar-refractivity contribution in [2.75, 3.05) is 7.05 Å². The second-order valence-electron chi connectivity index (χ2n) is 2.12. The van der Waals surface area contributed by atoms with Crippen LogP contribution in [0.5, 0.6) is 0 Å². The van der Waals surface area contributed by atoms with Gasteiger partial charge in [-0.05, 0) is 20.9 Å². The van der Waals surface area contributed by atoms with Crippen molar-refractivity contribution < 1.29 is 5.11 Å².